The van der Waals surface area contributed by atoms with Gasteiger partial charge in [-0.1, -0.05) is 57.3 Å². The normalized spacial score (nSPS) is 13.2. The molecule has 0 aliphatic carbocycles. The number of benzene rings is 4. The summed E-state index contributed by atoms with van der Waals surface area (Å²) in [6.07, 6.45) is 0. The predicted octanol–water partition coefficient (Wildman–Crippen LogP) is 9.04. The monoisotopic (exact) mass is 809 g/mol. The Morgan fingerprint density at radius 2 is 1.74 bits per heavy atom. The Hall–Kier alpha value is -3.58. The van der Waals surface area contributed by atoms with Crippen molar-refractivity contribution in [3.8, 4) is 17.2 Å². The lowest BCUT2D eigenvalue weighted by Gasteiger charge is -2.38. The van der Waals surface area contributed by atoms with E-state index < -0.39 is 10.7 Å². The Bertz CT molecular complexity index is 1720. The molecular weight excluding hydrogens is 780 g/mol. The second-order valence-electron chi connectivity index (χ2n) is 10.4. The van der Waals surface area contributed by atoms with E-state index in [0.29, 0.717) is 68.4 Å². The van der Waals surface area contributed by atoms with Crippen molar-refractivity contribution in [3.05, 3.63) is 120 Å². The standard InChI is InChI=1S/C33H31BrCl2FN5O4.BrH/c1-2-45-32-18-26(9-12-30(32)42(43)44)40-13-15-41(16-14-40)33(38-20-22-3-6-24(34)7-4-22)39-21-23-5-8-25(35)17-31(23)46-27-10-11-29(37)28(36)19-27;/h3-12,17-19H,2,13-16,20-21H2,1H3,(H,38,39);1H. The molecule has 1 fully saturated rings. The maximum Gasteiger partial charge on any atom is 0.311 e. The molecule has 1 heterocycles. The molecule has 0 radical (unpaired) electrons. The van der Waals surface area contributed by atoms with E-state index in [1.54, 1.807) is 31.2 Å². The summed E-state index contributed by atoms with van der Waals surface area (Å²) in [5.74, 6) is 1.33. The van der Waals surface area contributed by atoms with Gasteiger partial charge >= 0.3 is 5.69 Å². The van der Waals surface area contributed by atoms with Crippen molar-refractivity contribution >= 4 is 73.4 Å². The van der Waals surface area contributed by atoms with Crippen LogP contribution >= 0.6 is 56.1 Å². The van der Waals surface area contributed by atoms with Gasteiger partial charge in [0.05, 0.1) is 23.1 Å². The molecule has 1 aliphatic rings. The smallest absolute Gasteiger partial charge is 0.311 e. The number of hydrogen-bond acceptors (Lipinski definition) is 6. The predicted molar refractivity (Wildman–Crippen MR) is 193 cm³/mol. The summed E-state index contributed by atoms with van der Waals surface area (Å²) < 4.78 is 26.3. The van der Waals surface area contributed by atoms with Gasteiger partial charge in [-0.05, 0) is 55.0 Å². The molecule has 0 unspecified atom stereocenters. The molecule has 1 aliphatic heterocycles. The number of guanidine groups is 1. The maximum atomic E-state index is 13.7. The zero-order chi connectivity index (χ0) is 32.6. The van der Waals surface area contributed by atoms with E-state index in [9.17, 15) is 14.5 Å². The first-order chi connectivity index (χ1) is 22.2. The number of anilines is 1. The van der Waals surface area contributed by atoms with Gasteiger partial charge in [0.25, 0.3) is 0 Å². The number of aliphatic imine (C=N–C) groups is 1. The molecule has 5 rings (SSSR count). The van der Waals surface area contributed by atoms with E-state index in [-0.39, 0.29) is 33.4 Å². The van der Waals surface area contributed by atoms with Crippen LogP contribution in [0.5, 0.6) is 17.2 Å². The summed E-state index contributed by atoms with van der Waals surface area (Å²) in [5.41, 5.74) is 2.68. The molecule has 0 saturated carbocycles. The molecule has 9 nitrogen and oxygen atoms in total. The van der Waals surface area contributed by atoms with Crippen molar-refractivity contribution < 1.29 is 18.8 Å². The quantitative estimate of drug-likeness (QED) is 0.0740. The molecule has 0 amide bonds. The number of nitrogens with one attached hydrogen (secondary N) is 1. The number of piperazine rings is 1. The molecule has 4 aromatic rings. The Labute approximate surface area is 301 Å². The van der Waals surface area contributed by atoms with Crippen molar-refractivity contribution in [1.82, 2.24) is 10.2 Å². The number of nitrogens with zero attached hydrogens (tertiary/aromatic N) is 4. The van der Waals surface area contributed by atoms with Gasteiger partial charge in [0.2, 0.25) is 0 Å². The highest BCUT2D eigenvalue weighted by atomic mass is 79.9. The van der Waals surface area contributed by atoms with Gasteiger partial charge in [-0.3, -0.25) is 10.1 Å². The largest absolute Gasteiger partial charge is 0.487 e. The second kappa shape index (κ2) is 17.0. The molecule has 47 heavy (non-hydrogen) atoms. The summed E-state index contributed by atoms with van der Waals surface area (Å²) in [6, 6.07) is 22.5. The molecular formula is C33H32Br2Cl2FN5O4. The highest BCUT2D eigenvalue weighted by Gasteiger charge is 2.23. The van der Waals surface area contributed by atoms with Gasteiger partial charge in [0, 0.05) is 71.7 Å². The van der Waals surface area contributed by atoms with Crippen LogP contribution in [0.2, 0.25) is 10.0 Å². The SMILES string of the molecule is Br.CCOc1cc(N2CCN(C(=NCc3ccc(Br)cc3)NCc3ccc(Cl)cc3Oc3ccc(F)c(Cl)c3)CC2)ccc1[N+](=O)[O-]. The first-order valence-electron chi connectivity index (χ1n) is 14.6. The van der Waals surface area contributed by atoms with Gasteiger partial charge in [-0.25, -0.2) is 9.38 Å². The molecule has 0 aromatic heterocycles. The fourth-order valence-corrected chi connectivity index (χ4v) is 5.53. The molecule has 4 aromatic carbocycles. The highest BCUT2D eigenvalue weighted by molar-refractivity contribution is 9.10. The van der Waals surface area contributed by atoms with Crippen LogP contribution in [0, 0.1) is 15.9 Å². The minimum Gasteiger partial charge on any atom is -0.487 e. The minimum atomic E-state index is -0.531. The van der Waals surface area contributed by atoms with Crippen molar-refractivity contribution in [2.24, 2.45) is 4.99 Å². The van der Waals surface area contributed by atoms with Gasteiger partial charge in [-0.15, -0.1) is 17.0 Å². The third-order valence-electron chi connectivity index (χ3n) is 7.29. The van der Waals surface area contributed by atoms with E-state index >= 15 is 0 Å². The van der Waals surface area contributed by atoms with Crippen molar-refractivity contribution in [1.29, 1.82) is 0 Å². The fraction of sp³-hybridized carbons (Fsp3) is 0.242. The first-order valence-corrected chi connectivity index (χ1v) is 16.1. The van der Waals surface area contributed by atoms with E-state index in [1.165, 1.54) is 24.3 Å². The Balaban J connectivity index is 0.00000500. The van der Waals surface area contributed by atoms with Crippen LogP contribution in [0.1, 0.15) is 18.1 Å². The van der Waals surface area contributed by atoms with E-state index in [0.717, 1.165) is 21.3 Å². The second-order valence-corrected chi connectivity index (χ2v) is 12.1. The van der Waals surface area contributed by atoms with Gasteiger partial charge in [-0.2, -0.15) is 0 Å². The van der Waals surface area contributed by atoms with Crippen LogP contribution in [0.15, 0.2) is 88.3 Å². The van der Waals surface area contributed by atoms with E-state index in [1.807, 2.05) is 30.3 Å². The number of ether oxygens (including phenoxy) is 2. The summed E-state index contributed by atoms with van der Waals surface area (Å²) in [5, 5.41) is 15.4. The van der Waals surface area contributed by atoms with Crippen LogP contribution < -0.4 is 19.7 Å². The van der Waals surface area contributed by atoms with Crippen LogP contribution in [0.3, 0.4) is 0 Å². The van der Waals surface area contributed by atoms with E-state index in [2.05, 4.69) is 31.0 Å². The molecule has 1 N–H and O–H groups in total. The molecule has 1 saturated heterocycles. The summed E-state index contributed by atoms with van der Waals surface area (Å²) >= 11 is 15.8. The van der Waals surface area contributed by atoms with Crippen LogP contribution in [0.4, 0.5) is 15.8 Å². The minimum absolute atomic E-state index is 0. The lowest BCUT2D eigenvalue weighted by atomic mass is 10.2. The number of rotatable bonds is 10. The molecule has 0 spiro atoms. The summed E-state index contributed by atoms with van der Waals surface area (Å²) in [6.45, 7) is 5.63. The molecule has 248 valence electrons. The summed E-state index contributed by atoms with van der Waals surface area (Å²) in [7, 11) is 0. The molecule has 0 bridgehead atoms. The van der Waals surface area contributed by atoms with Crippen LogP contribution in [-0.4, -0.2) is 48.6 Å². The topological polar surface area (TPSA) is 92.5 Å². The van der Waals surface area contributed by atoms with Crippen LogP contribution in [0.25, 0.3) is 0 Å². The Morgan fingerprint density at radius 3 is 2.43 bits per heavy atom. The highest BCUT2D eigenvalue weighted by Crippen LogP contribution is 2.33. The fourth-order valence-electron chi connectivity index (χ4n) is 4.93. The van der Waals surface area contributed by atoms with Gasteiger partial charge in [0.1, 0.15) is 17.3 Å². The first kappa shape index (κ1) is 36.3. The lowest BCUT2D eigenvalue weighted by molar-refractivity contribution is -0.385. The third kappa shape index (κ3) is 9.72. The van der Waals surface area contributed by atoms with Crippen molar-refractivity contribution in [2.75, 3.05) is 37.7 Å². The number of hydrogen-bond donors (Lipinski definition) is 1. The number of nitro groups is 1. The third-order valence-corrected chi connectivity index (χ3v) is 8.35. The zero-order valence-corrected chi connectivity index (χ0v) is 30.1. The van der Waals surface area contributed by atoms with Gasteiger partial charge < -0.3 is 24.6 Å². The van der Waals surface area contributed by atoms with Gasteiger partial charge in [0.15, 0.2) is 11.7 Å². The average molecular weight is 812 g/mol. The zero-order valence-electron chi connectivity index (χ0n) is 25.3. The number of halogens is 5. The molecule has 14 heteroatoms. The average Bonchev–Trinajstić information content (AvgIpc) is 3.04. The molecule has 0 atom stereocenters. The van der Waals surface area contributed by atoms with Crippen LogP contribution in [-0.2, 0) is 13.1 Å². The maximum absolute atomic E-state index is 13.7. The van der Waals surface area contributed by atoms with Crippen molar-refractivity contribution in [3.63, 3.8) is 0 Å². The van der Waals surface area contributed by atoms with E-state index in [4.69, 9.17) is 37.7 Å². The summed E-state index contributed by atoms with van der Waals surface area (Å²) in [4.78, 5) is 20.3. The lowest BCUT2D eigenvalue weighted by Crippen LogP contribution is -2.52. The Morgan fingerprint density at radius 1 is 1.00 bits per heavy atom. The Kier molecular flexibility index (Phi) is 13.1. The number of nitro benzene ring substituents is 1. The van der Waals surface area contributed by atoms with Crippen molar-refractivity contribution in [2.45, 2.75) is 20.0 Å².